The SMILES string of the molecule is Cn1cc(-c2ccncc2/C=C/C(=O)N(N)c2ccc3c(c2)CN(C(=O)C2(CN=[N+]=[N-])COC2)CC3)cn1. The summed E-state index contributed by atoms with van der Waals surface area (Å²) in [5.41, 5.74) is 13.0. The second kappa shape index (κ2) is 10.5. The Kier molecular flexibility index (Phi) is 6.93. The number of anilines is 1. The number of hydrazine groups is 1. The Hall–Kier alpha value is -4.51. The van der Waals surface area contributed by atoms with E-state index in [-0.39, 0.29) is 25.7 Å². The van der Waals surface area contributed by atoms with Gasteiger partial charge >= 0.3 is 0 Å². The summed E-state index contributed by atoms with van der Waals surface area (Å²) in [6.07, 6.45) is 10.8. The van der Waals surface area contributed by atoms with Gasteiger partial charge in [-0.3, -0.25) is 19.3 Å². The Balaban J connectivity index is 1.31. The van der Waals surface area contributed by atoms with Crippen LogP contribution in [0.1, 0.15) is 16.7 Å². The topological polar surface area (TPSA) is 155 Å². The smallest absolute Gasteiger partial charge is 0.265 e. The van der Waals surface area contributed by atoms with Gasteiger partial charge in [-0.25, -0.2) is 10.9 Å². The fraction of sp³-hybridized carbons (Fsp3) is 0.308. The molecule has 4 heterocycles. The van der Waals surface area contributed by atoms with E-state index in [1.54, 1.807) is 40.3 Å². The highest BCUT2D eigenvalue weighted by Crippen LogP contribution is 2.33. The first-order chi connectivity index (χ1) is 18.4. The van der Waals surface area contributed by atoms with E-state index in [9.17, 15) is 9.59 Å². The number of nitrogens with zero attached hydrogens (tertiary/aromatic N) is 8. The number of carbonyl (C=O) groups excluding carboxylic acids is 2. The predicted molar refractivity (Wildman–Crippen MR) is 140 cm³/mol. The first kappa shape index (κ1) is 25.2. The van der Waals surface area contributed by atoms with Crippen LogP contribution >= 0.6 is 0 Å². The average Bonchev–Trinajstić information content (AvgIpc) is 3.36. The third-order valence-corrected chi connectivity index (χ3v) is 6.93. The maximum Gasteiger partial charge on any atom is 0.265 e. The van der Waals surface area contributed by atoms with E-state index < -0.39 is 11.3 Å². The second-order valence-corrected chi connectivity index (χ2v) is 9.50. The van der Waals surface area contributed by atoms with Gasteiger partial charge in [0.1, 0.15) is 5.41 Å². The van der Waals surface area contributed by atoms with E-state index in [0.29, 0.717) is 25.2 Å². The molecule has 2 aromatic heterocycles. The molecule has 2 N–H and O–H groups in total. The molecule has 0 aliphatic carbocycles. The summed E-state index contributed by atoms with van der Waals surface area (Å²) in [6, 6.07) is 7.44. The van der Waals surface area contributed by atoms with Crippen molar-refractivity contribution in [3.8, 4) is 11.1 Å². The zero-order valence-electron chi connectivity index (χ0n) is 20.9. The van der Waals surface area contributed by atoms with Gasteiger partial charge in [-0.2, -0.15) is 5.10 Å². The number of ether oxygens (including phenoxy) is 1. The highest BCUT2D eigenvalue weighted by molar-refractivity contribution is 6.03. The van der Waals surface area contributed by atoms with Crippen LogP contribution in [0.4, 0.5) is 5.69 Å². The number of rotatable bonds is 7. The summed E-state index contributed by atoms with van der Waals surface area (Å²) in [4.78, 5) is 34.9. The Bertz CT molecular complexity index is 1450. The molecule has 1 aromatic carbocycles. The molecule has 0 radical (unpaired) electrons. The Morgan fingerprint density at radius 2 is 2.13 bits per heavy atom. The summed E-state index contributed by atoms with van der Waals surface area (Å²) < 4.78 is 6.99. The van der Waals surface area contributed by atoms with Gasteiger partial charge in [0.25, 0.3) is 5.91 Å². The molecule has 0 unspecified atom stereocenters. The van der Waals surface area contributed by atoms with Crippen LogP contribution in [0.25, 0.3) is 27.6 Å². The van der Waals surface area contributed by atoms with Crippen molar-refractivity contribution in [3.05, 3.63) is 82.3 Å². The van der Waals surface area contributed by atoms with Crippen LogP contribution in [0.15, 0.2) is 60.2 Å². The molecule has 1 saturated heterocycles. The molecular formula is C26H27N9O3. The van der Waals surface area contributed by atoms with Crippen molar-refractivity contribution in [1.82, 2.24) is 19.7 Å². The number of pyridine rings is 1. The van der Waals surface area contributed by atoms with E-state index in [2.05, 4.69) is 20.1 Å². The van der Waals surface area contributed by atoms with E-state index in [0.717, 1.165) is 32.8 Å². The molecule has 0 bridgehead atoms. The van der Waals surface area contributed by atoms with Gasteiger partial charge < -0.3 is 9.64 Å². The summed E-state index contributed by atoms with van der Waals surface area (Å²) >= 11 is 0. The number of hydrogen-bond acceptors (Lipinski definition) is 7. The van der Waals surface area contributed by atoms with Crippen molar-refractivity contribution in [2.45, 2.75) is 13.0 Å². The molecule has 2 aliphatic heterocycles. The summed E-state index contributed by atoms with van der Waals surface area (Å²) in [6.45, 7) is 1.49. The van der Waals surface area contributed by atoms with E-state index >= 15 is 0 Å². The molecular weight excluding hydrogens is 486 g/mol. The maximum atomic E-state index is 13.3. The van der Waals surface area contributed by atoms with Crippen LogP contribution in [0, 0.1) is 5.41 Å². The van der Waals surface area contributed by atoms with Crippen LogP contribution in [0.2, 0.25) is 0 Å². The zero-order valence-corrected chi connectivity index (χ0v) is 20.9. The number of azide groups is 1. The highest BCUT2D eigenvalue weighted by atomic mass is 16.5. The molecule has 0 saturated carbocycles. The van der Waals surface area contributed by atoms with Crippen LogP contribution in [-0.2, 0) is 34.3 Å². The molecule has 1 fully saturated rings. The highest BCUT2D eigenvalue weighted by Gasteiger charge is 2.47. The molecule has 3 aromatic rings. The minimum Gasteiger partial charge on any atom is -0.379 e. The first-order valence-corrected chi connectivity index (χ1v) is 12.1. The van der Waals surface area contributed by atoms with Gasteiger partial charge in [-0.1, -0.05) is 11.2 Å². The molecule has 12 heteroatoms. The Labute approximate surface area is 218 Å². The van der Waals surface area contributed by atoms with Crippen molar-refractivity contribution >= 4 is 23.6 Å². The molecule has 38 heavy (non-hydrogen) atoms. The monoisotopic (exact) mass is 513 g/mol. The number of benzene rings is 1. The second-order valence-electron chi connectivity index (χ2n) is 9.50. The molecule has 0 spiro atoms. The average molecular weight is 514 g/mol. The quantitative estimate of drug-likeness (QED) is 0.0974. The number of nitrogens with two attached hydrogens (primary N) is 1. The number of hydrogen-bond donors (Lipinski definition) is 1. The van der Waals surface area contributed by atoms with Crippen molar-refractivity contribution < 1.29 is 14.3 Å². The Morgan fingerprint density at radius 1 is 1.29 bits per heavy atom. The zero-order chi connectivity index (χ0) is 26.7. The minimum absolute atomic E-state index is 0.0720. The summed E-state index contributed by atoms with van der Waals surface area (Å²) in [7, 11) is 1.84. The van der Waals surface area contributed by atoms with E-state index in [1.807, 2.05) is 31.4 Å². The lowest BCUT2D eigenvalue weighted by atomic mass is 9.83. The van der Waals surface area contributed by atoms with Crippen molar-refractivity contribution in [2.75, 3.05) is 31.3 Å². The number of aryl methyl sites for hydroxylation is 1. The molecule has 194 valence electrons. The number of carbonyl (C=O) groups is 2. The predicted octanol–water partition coefficient (Wildman–Crippen LogP) is 2.61. The third kappa shape index (κ3) is 4.88. The molecule has 12 nitrogen and oxygen atoms in total. The number of fused-ring (bicyclic) bond motifs is 1. The molecule has 2 aliphatic rings. The van der Waals surface area contributed by atoms with Crippen LogP contribution in [-0.4, -0.2) is 57.8 Å². The van der Waals surface area contributed by atoms with Gasteiger partial charge in [0.05, 0.1) is 25.1 Å². The Morgan fingerprint density at radius 3 is 2.84 bits per heavy atom. The van der Waals surface area contributed by atoms with Crippen LogP contribution in [0.3, 0.4) is 0 Å². The van der Waals surface area contributed by atoms with Gasteiger partial charge in [0.2, 0.25) is 5.91 Å². The lowest BCUT2D eigenvalue weighted by molar-refractivity contribution is -0.171. The lowest BCUT2D eigenvalue weighted by Crippen LogP contribution is -2.57. The third-order valence-electron chi connectivity index (χ3n) is 6.93. The van der Waals surface area contributed by atoms with Gasteiger partial charge in [0, 0.05) is 67.4 Å². The largest absolute Gasteiger partial charge is 0.379 e. The lowest BCUT2D eigenvalue weighted by Gasteiger charge is -2.43. The van der Waals surface area contributed by atoms with Crippen molar-refractivity contribution in [2.24, 2.45) is 23.4 Å². The normalized spacial score (nSPS) is 15.9. The van der Waals surface area contributed by atoms with E-state index in [1.165, 1.54) is 6.08 Å². The van der Waals surface area contributed by atoms with Gasteiger partial charge in [-0.05, 0) is 52.9 Å². The standard InChI is InChI=1S/C26H27N9O3/c1-33-13-21(12-31-33)23-6-8-29-11-19(23)3-5-24(36)35(28)22-4-2-18-7-9-34(14-20(18)10-22)25(37)26(15-30-32-27)16-38-17-26/h2-6,8,10-13H,7,9,14-17,28H2,1H3/b5-3+. The van der Waals surface area contributed by atoms with Crippen LogP contribution < -0.4 is 10.9 Å². The molecule has 5 rings (SSSR count). The molecule has 2 amide bonds. The van der Waals surface area contributed by atoms with Crippen molar-refractivity contribution in [3.63, 3.8) is 0 Å². The van der Waals surface area contributed by atoms with Gasteiger partial charge in [-0.15, -0.1) is 0 Å². The first-order valence-electron chi connectivity index (χ1n) is 12.1. The van der Waals surface area contributed by atoms with E-state index in [4.69, 9.17) is 16.1 Å². The number of amides is 2. The van der Waals surface area contributed by atoms with Crippen molar-refractivity contribution in [1.29, 1.82) is 0 Å². The minimum atomic E-state index is -0.803. The fourth-order valence-electron chi connectivity index (χ4n) is 4.73. The maximum absolute atomic E-state index is 13.3. The number of aromatic nitrogens is 3. The summed E-state index contributed by atoms with van der Waals surface area (Å²) in [5, 5.41) is 8.92. The molecule has 0 atom stereocenters. The van der Waals surface area contributed by atoms with Gasteiger partial charge in [0.15, 0.2) is 0 Å². The fourth-order valence-corrected chi connectivity index (χ4v) is 4.73. The summed E-state index contributed by atoms with van der Waals surface area (Å²) in [5.74, 6) is 5.70. The van der Waals surface area contributed by atoms with Crippen LogP contribution in [0.5, 0.6) is 0 Å².